The molecule has 5 aromatic rings. The van der Waals surface area contributed by atoms with E-state index in [-0.39, 0.29) is 12.0 Å². The molecular formula is C33H28F6N2O3. The van der Waals surface area contributed by atoms with Crippen molar-refractivity contribution in [1.29, 1.82) is 0 Å². The van der Waals surface area contributed by atoms with E-state index in [0.29, 0.717) is 28.1 Å². The van der Waals surface area contributed by atoms with Gasteiger partial charge in [0.05, 0.1) is 5.54 Å². The SMILES string of the molecule is COC(N[C@](Cc1ccccc1)(c1ccc(F)cc1)c1cc(F)cc(OC(F)(F)C(F)F)c1)C(O)c1c[nH]c2ccccc12. The zero-order chi connectivity index (χ0) is 31.5. The number of alkyl halides is 4. The largest absolute Gasteiger partial charge is 0.461 e. The first-order valence-electron chi connectivity index (χ1n) is 13.5. The van der Waals surface area contributed by atoms with Gasteiger partial charge in [-0.05, 0) is 53.4 Å². The van der Waals surface area contributed by atoms with Gasteiger partial charge in [-0.3, -0.25) is 5.32 Å². The number of H-pyrrole nitrogens is 1. The van der Waals surface area contributed by atoms with Crippen LogP contribution in [0, 0.1) is 11.6 Å². The lowest BCUT2D eigenvalue weighted by Gasteiger charge is -2.41. The zero-order valence-electron chi connectivity index (χ0n) is 23.3. The Morgan fingerprint density at radius 2 is 1.52 bits per heavy atom. The highest BCUT2D eigenvalue weighted by molar-refractivity contribution is 5.83. The third kappa shape index (κ3) is 6.45. The molecule has 1 aromatic heterocycles. The molecule has 0 radical (unpaired) electrons. The fourth-order valence-electron chi connectivity index (χ4n) is 5.31. The summed E-state index contributed by atoms with van der Waals surface area (Å²) in [5.41, 5.74) is 0.549. The van der Waals surface area contributed by atoms with Crippen LogP contribution < -0.4 is 10.1 Å². The monoisotopic (exact) mass is 614 g/mol. The van der Waals surface area contributed by atoms with Crippen molar-refractivity contribution in [2.45, 2.75) is 36.8 Å². The molecule has 0 amide bonds. The summed E-state index contributed by atoms with van der Waals surface area (Å²) in [5.74, 6) is -2.50. The van der Waals surface area contributed by atoms with Crippen LogP contribution in [-0.4, -0.2) is 36.0 Å². The summed E-state index contributed by atoms with van der Waals surface area (Å²) in [4.78, 5) is 3.08. The van der Waals surface area contributed by atoms with Gasteiger partial charge in [-0.1, -0.05) is 60.7 Å². The van der Waals surface area contributed by atoms with E-state index in [1.807, 2.05) is 12.1 Å². The molecule has 44 heavy (non-hydrogen) atoms. The quantitative estimate of drug-likeness (QED) is 0.101. The summed E-state index contributed by atoms with van der Waals surface area (Å²) in [6, 6.07) is 23.8. The second-order valence-electron chi connectivity index (χ2n) is 10.2. The van der Waals surface area contributed by atoms with E-state index in [2.05, 4.69) is 15.0 Å². The molecule has 11 heteroatoms. The van der Waals surface area contributed by atoms with Crippen molar-refractivity contribution < 1.29 is 40.9 Å². The second kappa shape index (κ2) is 12.7. The van der Waals surface area contributed by atoms with Gasteiger partial charge in [-0.25, -0.2) is 8.78 Å². The fraction of sp³-hybridized carbons (Fsp3) is 0.212. The molecule has 0 aliphatic rings. The predicted molar refractivity (Wildman–Crippen MR) is 152 cm³/mol. The Hall–Kier alpha value is -4.32. The maximum atomic E-state index is 15.1. The number of hydrogen-bond acceptors (Lipinski definition) is 4. The van der Waals surface area contributed by atoms with Crippen LogP contribution in [0.1, 0.15) is 28.4 Å². The van der Waals surface area contributed by atoms with Gasteiger partial charge in [0.15, 0.2) is 0 Å². The summed E-state index contributed by atoms with van der Waals surface area (Å²) in [5, 5.41) is 15.6. The first kappa shape index (κ1) is 31.1. The zero-order valence-corrected chi connectivity index (χ0v) is 23.3. The van der Waals surface area contributed by atoms with Crippen molar-refractivity contribution >= 4 is 10.9 Å². The van der Waals surface area contributed by atoms with Crippen LogP contribution in [0.2, 0.25) is 0 Å². The van der Waals surface area contributed by atoms with Crippen molar-refractivity contribution in [3.8, 4) is 5.75 Å². The van der Waals surface area contributed by atoms with Crippen molar-refractivity contribution in [3.05, 3.63) is 137 Å². The van der Waals surface area contributed by atoms with Crippen LogP contribution in [0.15, 0.2) is 103 Å². The Bertz CT molecular complexity index is 1700. The van der Waals surface area contributed by atoms with E-state index >= 15 is 4.39 Å². The molecule has 1 heterocycles. The lowest BCUT2D eigenvalue weighted by Crippen LogP contribution is -2.53. The minimum absolute atomic E-state index is 0.00588. The molecule has 0 spiro atoms. The van der Waals surface area contributed by atoms with Crippen LogP contribution in [0.25, 0.3) is 10.9 Å². The van der Waals surface area contributed by atoms with Gasteiger partial charge in [0, 0.05) is 35.8 Å². The average Bonchev–Trinajstić information content (AvgIpc) is 3.43. The molecule has 2 unspecified atom stereocenters. The molecular weight excluding hydrogens is 586 g/mol. The van der Waals surface area contributed by atoms with Crippen molar-refractivity contribution in [2.24, 2.45) is 0 Å². The maximum Gasteiger partial charge on any atom is 0.461 e. The minimum atomic E-state index is -4.91. The Labute approximate surface area is 249 Å². The maximum absolute atomic E-state index is 15.1. The Kier molecular flexibility index (Phi) is 9.00. The third-order valence-electron chi connectivity index (χ3n) is 7.39. The molecule has 0 saturated heterocycles. The number of aromatic amines is 1. The van der Waals surface area contributed by atoms with Crippen LogP contribution >= 0.6 is 0 Å². The number of aromatic nitrogens is 1. The predicted octanol–water partition coefficient (Wildman–Crippen LogP) is 7.46. The van der Waals surface area contributed by atoms with Gasteiger partial charge in [0.2, 0.25) is 0 Å². The lowest BCUT2D eigenvalue weighted by atomic mass is 9.77. The van der Waals surface area contributed by atoms with E-state index < -0.39 is 47.8 Å². The molecule has 3 N–H and O–H groups in total. The Morgan fingerprint density at radius 1 is 0.841 bits per heavy atom. The number of methoxy groups -OCH3 is 1. The number of fused-ring (bicyclic) bond motifs is 1. The number of benzene rings is 4. The first-order valence-corrected chi connectivity index (χ1v) is 13.5. The number of aliphatic hydroxyl groups is 1. The molecule has 0 saturated carbocycles. The Morgan fingerprint density at radius 3 is 2.20 bits per heavy atom. The van der Waals surface area contributed by atoms with E-state index in [4.69, 9.17) is 4.74 Å². The van der Waals surface area contributed by atoms with Gasteiger partial charge in [-0.2, -0.15) is 17.6 Å². The van der Waals surface area contributed by atoms with Gasteiger partial charge in [-0.15, -0.1) is 0 Å². The van der Waals surface area contributed by atoms with Crippen molar-refractivity contribution in [2.75, 3.05) is 7.11 Å². The number of aliphatic hydroxyl groups excluding tert-OH is 1. The second-order valence-corrected chi connectivity index (χ2v) is 10.2. The van der Waals surface area contributed by atoms with Crippen molar-refractivity contribution in [1.82, 2.24) is 10.3 Å². The number of para-hydroxylation sites is 1. The number of ether oxygens (including phenoxy) is 2. The molecule has 0 bridgehead atoms. The van der Waals surface area contributed by atoms with Crippen LogP contribution in [0.3, 0.4) is 0 Å². The van der Waals surface area contributed by atoms with Gasteiger partial charge >= 0.3 is 12.5 Å². The summed E-state index contributed by atoms with van der Waals surface area (Å²) < 4.78 is 93.2. The molecule has 0 aliphatic heterocycles. The van der Waals surface area contributed by atoms with E-state index in [1.165, 1.54) is 19.2 Å². The smallest absolute Gasteiger partial charge is 0.428 e. The molecule has 4 aromatic carbocycles. The number of rotatable bonds is 12. The summed E-state index contributed by atoms with van der Waals surface area (Å²) in [6.45, 7) is 0. The van der Waals surface area contributed by atoms with E-state index in [1.54, 1.807) is 48.7 Å². The topological polar surface area (TPSA) is 66.5 Å². The highest BCUT2D eigenvalue weighted by atomic mass is 19.3. The third-order valence-corrected chi connectivity index (χ3v) is 7.39. The number of hydrogen-bond donors (Lipinski definition) is 3. The molecule has 5 nitrogen and oxygen atoms in total. The molecule has 0 aliphatic carbocycles. The van der Waals surface area contributed by atoms with Crippen LogP contribution in [-0.2, 0) is 16.7 Å². The Balaban J connectivity index is 1.70. The number of nitrogens with one attached hydrogen (secondary N) is 2. The summed E-state index contributed by atoms with van der Waals surface area (Å²) in [6.07, 6.45) is -10.0. The molecule has 3 atom stereocenters. The highest BCUT2D eigenvalue weighted by Gasteiger charge is 2.45. The minimum Gasteiger partial charge on any atom is -0.428 e. The summed E-state index contributed by atoms with van der Waals surface area (Å²) >= 11 is 0. The van der Waals surface area contributed by atoms with E-state index in [0.717, 1.165) is 29.8 Å². The molecule has 230 valence electrons. The van der Waals surface area contributed by atoms with Gasteiger partial charge in [0.1, 0.15) is 29.7 Å². The van der Waals surface area contributed by atoms with Crippen LogP contribution in [0.4, 0.5) is 26.3 Å². The first-order chi connectivity index (χ1) is 21.0. The fourth-order valence-corrected chi connectivity index (χ4v) is 5.31. The van der Waals surface area contributed by atoms with Gasteiger partial charge < -0.3 is 19.6 Å². The summed E-state index contributed by atoms with van der Waals surface area (Å²) in [7, 11) is 1.33. The molecule has 5 rings (SSSR count). The van der Waals surface area contributed by atoms with Crippen molar-refractivity contribution in [3.63, 3.8) is 0 Å². The molecule has 0 fully saturated rings. The normalized spacial score (nSPS) is 14.8. The standard InChI is InChI=1S/C33H28F6N2O3/c1-43-30(29(42)27-19-40-28-10-6-5-9-26(27)28)41-32(18-20-7-3-2-4-8-20,21-11-13-23(34)14-12-21)22-15-24(35)17-25(16-22)44-33(38,39)31(36)37/h2-17,19,29-31,40-42H,18H2,1H3/t29?,30?,32-/m1/s1. The highest BCUT2D eigenvalue weighted by Crippen LogP contribution is 2.39. The van der Waals surface area contributed by atoms with Crippen LogP contribution in [0.5, 0.6) is 5.75 Å². The number of halogens is 6. The average molecular weight is 615 g/mol. The van der Waals surface area contributed by atoms with E-state index in [9.17, 15) is 27.1 Å². The van der Waals surface area contributed by atoms with Gasteiger partial charge in [0.25, 0.3) is 0 Å². The lowest BCUT2D eigenvalue weighted by molar-refractivity contribution is -0.253.